The molecule has 7 heteroatoms. The monoisotopic (exact) mass is 228 g/mol. The largest absolute Gasteiger partial charge is 0.415 e. The summed E-state index contributed by atoms with van der Waals surface area (Å²) in [6, 6.07) is 0. The van der Waals surface area contributed by atoms with Crippen LogP contribution in [0.1, 0.15) is 20.8 Å². The highest BCUT2D eigenvalue weighted by atomic mass is 19.4. The summed E-state index contributed by atoms with van der Waals surface area (Å²) < 4.78 is 36.8. The molecule has 0 spiro atoms. The minimum Gasteiger partial charge on any atom is -0.389 e. The molecule has 1 unspecified atom stereocenters. The minimum absolute atomic E-state index is 0.297. The zero-order valence-corrected chi connectivity index (χ0v) is 8.77. The van der Waals surface area contributed by atoms with Gasteiger partial charge in [0.2, 0.25) is 5.91 Å². The van der Waals surface area contributed by atoms with Gasteiger partial charge in [0.15, 0.2) is 5.54 Å². The number of halogens is 3. The molecule has 0 aromatic carbocycles. The van der Waals surface area contributed by atoms with E-state index in [9.17, 15) is 23.1 Å². The highest BCUT2D eigenvalue weighted by Crippen LogP contribution is 2.27. The van der Waals surface area contributed by atoms with E-state index in [-0.39, 0.29) is 6.54 Å². The molecule has 4 N–H and O–H groups in total. The standard InChI is InChI=1S/C8H15F3N2O2/c1-6(2,15)4-13-5(14)7(3,12)8(9,10)11/h15H,4,12H2,1-3H3,(H,13,14). The van der Waals surface area contributed by atoms with Crippen LogP contribution in [-0.2, 0) is 4.79 Å². The molecule has 0 fully saturated rings. The van der Waals surface area contributed by atoms with Crippen LogP contribution in [0.4, 0.5) is 13.2 Å². The summed E-state index contributed by atoms with van der Waals surface area (Å²) in [5, 5.41) is 11.1. The zero-order valence-electron chi connectivity index (χ0n) is 8.77. The molecule has 0 radical (unpaired) electrons. The second-order valence-electron chi connectivity index (χ2n) is 4.20. The summed E-state index contributed by atoms with van der Waals surface area (Å²) in [5.74, 6) is -1.36. The Bertz CT molecular complexity index is 243. The van der Waals surface area contributed by atoms with Crippen molar-refractivity contribution in [3.05, 3.63) is 0 Å². The maximum Gasteiger partial charge on any atom is 0.415 e. The number of hydrogen-bond donors (Lipinski definition) is 3. The predicted molar refractivity (Wildman–Crippen MR) is 48.0 cm³/mol. The molecule has 0 aromatic heterocycles. The van der Waals surface area contributed by atoms with E-state index < -0.39 is 23.2 Å². The van der Waals surface area contributed by atoms with Crippen molar-refractivity contribution in [3.8, 4) is 0 Å². The third-order valence-corrected chi connectivity index (χ3v) is 1.74. The highest BCUT2D eigenvalue weighted by Gasteiger charge is 2.53. The van der Waals surface area contributed by atoms with E-state index in [2.05, 4.69) is 0 Å². The SMILES string of the molecule is CC(C)(O)CNC(=O)C(C)(N)C(F)(F)F. The molecule has 1 atom stereocenters. The predicted octanol–water partition coefficient (Wildman–Crippen LogP) is 0.153. The average molecular weight is 228 g/mol. The van der Waals surface area contributed by atoms with Crippen molar-refractivity contribution in [2.45, 2.75) is 38.1 Å². The molecule has 90 valence electrons. The van der Waals surface area contributed by atoms with Crippen LogP contribution >= 0.6 is 0 Å². The molecule has 0 bridgehead atoms. The lowest BCUT2D eigenvalue weighted by Crippen LogP contribution is -2.62. The number of nitrogens with one attached hydrogen (secondary N) is 1. The van der Waals surface area contributed by atoms with Gasteiger partial charge in [-0.15, -0.1) is 0 Å². The van der Waals surface area contributed by atoms with E-state index in [4.69, 9.17) is 5.73 Å². The van der Waals surface area contributed by atoms with Gasteiger partial charge in [0.1, 0.15) is 0 Å². The van der Waals surface area contributed by atoms with Crippen LogP contribution in [0.25, 0.3) is 0 Å². The maximum atomic E-state index is 12.3. The number of nitrogens with two attached hydrogens (primary N) is 1. The fourth-order valence-electron chi connectivity index (χ4n) is 0.609. The van der Waals surface area contributed by atoms with Crippen molar-refractivity contribution in [1.29, 1.82) is 0 Å². The number of carbonyl (C=O) groups is 1. The molecule has 4 nitrogen and oxygen atoms in total. The van der Waals surface area contributed by atoms with Crippen molar-refractivity contribution < 1.29 is 23.1 Å². The molecular weight excluding hydrogens is 213 g/mol. The molecular formula is C8H15F3N2O2. The molecule has 0 aromatic rings. The molecule has 0 saturated heterocycles. The van der Waals surface area contributed by atoms with Gasteiger partial charge in [-0.25, -0.2) is 0 Å². The van der Waals surface area contributed by atoms with E-state index in [0.29, 0.717) is 6.92 Å². The average Bonchev–Trinajstić information content (AvgIpc) is 1.96. The van der Waals surface area contributed by atoms with Gasteiger partial charge in [0, 0.05) is 6.54 Å². The third kappa shape index (κ3) is 4.05. The van der Waals surface area contributed by atoms with Crippen LogP contribution in [0.3, 0.4) is 0 Å². The van der Waals surface area contributed by atoms with E-state index in [1.54, 1.807) is 0 Å². The Hall–Kier alpha value is -0.820. The number of amides is 1. The summed E-state index contributed by atoms with van der Waals surface area (Å²) in [5.41, 5.74) is 0.621. The highest BCUT2D eigenvalue weighted by molar-refractivity contribution is 5.86. The smallest absolute Gasteiger partial charge is 0.389 e. The van der Waals surface area contributed by atoms with Gasteiger partial charge in [-0.05, 0) is 20.8 Å². The Morgan fingerprint density at radius 2 is 1.73 bits per heavy atom. The van der Waals surface area contributed by atoms with E-state index in [1.165, 1.54) is 13.8 Å². The van der Waals surface area contributed by atoms with Crippen molar-refractivity contribution in [1.82, 2.24) is 5.32 Å². The maximum absolute atomic E-state index is 12.3. The summed E-state index contributed by atoms with van der Waals surface area (Å²) in [4.78, 5) is 11.1. The minimum atomic E-state index is -4.82. The van der Waals surface area contributed by atoms with Crippen molar-refractivity contribution >= 4 is 5.91 Å². The number of alkyl halides is 3. The van der Waals surface area contributed by atoms with Crippen molar-refractivity contribution in [3.63, 3.8) is 0 Å². The van der Waals surface area contributed by atoms with E-state index in [1.807, 2.05) is 5.32 Å². The first kappa shape index (κ1) is 14.2. The van der Waals surface area contributed by atoms with Crippen molar-refractivity contribution in [2.24, 2.45) is 5.73 Å². The van der Waals surface area contributed by atoms with Crippen LogP contribution in [0.2, 0.25) is 0 Å². The van der Waals surface area contributed by atoms with Crippen LogP contribution in [0, 0.1) is 0 Å². The first-order valence-corrected chi connectivity index (χ1v) is 4.24. The molecule has 0 aliphatic carbocycles. The lowest BCUT2D eigenvalue weighted by atomic mass is 10.0. The molecule has 0 heterocycles. The fourth-order valence-corrected chi connectivity index (χ4v) is 0.609. The van der Waals surface area contributed by atoms with Gasteiger partial charge in [0.05, 0.1) is 5.60 Å². The van der Waals surface area contributed by atoms with Gasteiger partial charge in [-0.3, -0.25) is 4.79 Å². The second kappa shape index (κ2) is 3.97. The summed E-state index contributed by atoms with van der Waals surface area (Å²) >= 11 is 0. The van der Waals surface area contributed by atoms with Gasteiger partial charge in [-0.2, -0.15) is 13.2 Å². The summed E-state index contributed by atoms with van der Waals surface area (Å²) in [6.07, 6.45) is -4.82. The molecule has 0 saturated carbocycles. The summed E-state index contributed by atoms with van der Waals surface area (Å²) in [6.45, 7) is 2.99. The molecule has 0 aliphatic rings. The molecule has 0 rings (SSSR count). The Morgan fingerprint density at radius 1 is 1.33 bits per heavy atom. The Kier molecular flexibility index (Phi) is 3.76. The van der Waals surface area contributed by atoms with Gasteiger partial charge in [0.25, 0.3) is 0 Å². The van der Waals surface area contributed by atoms with Crippen LogP contribution in [-0.4, -0.2) is 34.9 Å². The Morgan fingerprint density at radius 3 is 2.00 bits per heavy atom. The Labute approximate surface area is 85.6 Å². The van der Waals surface area contributed by atoms with Crippen LogP contribution < -0.4 is 11.1 Å². The first-order chi connectivity index (χ1) is 6.38. The van der Waals surface area contributed by atoms with Gasteiger partial charge < -0.3 is 16.2 Å². The molecule has 1 amide bonds. The van der Waals surface area contributed by atoms with Gasteiger partial charge >= 0.3 is 6.18 Å². The van der Waals surface area contributed by atoms with Crippen molar-refractivity contribution in [2.75, 3.05) is 6.54 Å². The number of aliphatic hydroxyl groups is 1. The summed E-state index contributed by atoms with van der Waals surface area (Å²) in [7, 11) is 0. The lowest BCUT2D eigenvalue weighted by molar-refractivity contribution is -0.187. The fraction of sp³-hybridized carbons (Fsp3) is 0.875. The number of hydrogen-bond acceptors (Lipinski definition) is 3. The Balaban J connectivity index is 4.47. The number of carbonyl (C=O) groups excluding carboxylic acids is 1. The topological polar surface area (TPSA) is 75.3 Å². The quantitative estimate of drug-likeness (QED) is 0.643. The second-order valence-corrected chi connectivity index (χ2v) is 4.20. The molecule has 15 heavy (non-hydrogen) atoms. The third-order valence-electron chi connectivity index (χ3n) is 1.74. The molecule has 0 aliphatic heterocycles. The van der Waals surface area contributed by atoms with E-state index in [0.717, 1.165) is 0 Å². The zero-order chi connectivity index (χ0) is 12.5. The van der Waals surface area contributed by atoms with Crippen LogP contribution in [0.15, 0.2) is 0 Å². The first-order valence-electron chi connectivity index (χ1n) is 4.24. The van der Waals surface area contributed by atoms with E-state index >= 15 is 0 Å². The number of rotatable bonds is 3. The lowest BCUT2D eigenvalue weighted by Gasteiger charge is -2.27. The normalized spacial score (nSPS) is 17.1. The van der Waals surface area contributed by atoms with Crippen LogP contribution in [0.5, 0.6) is 0 Å². The van der Waals surface area contributed by atoms with Gasteiger partial charge in [-0.1, -0.05) is 0 Å².